The molecule has 3 N–H and O–H groups in total. The number of aromatic amines is 1. The fourth-order valence-electron chi connectivity index (χ4n) is 3.33. The summed E-state index contributed by atoms with van der Waals surface area (Å²) < 4.78 is 0. The fourth-order valence-corrected chi connectivity index (χ4v) is 3.33. The highest BCUT2D eigenvalue weighted by Gasteiger charge is 2.36. The summed E-state index contributed by atoms with van der Waals surface area (Å²) in [5.74, 6) is -1.12. The molecule has 0 atom stereocenters. The van der Waals surface area contributed by atoms with Gasteiger partial charge in [-0.15, -0.1) is 0 Å². The van der Waals surface area contributed by atoms with E-state index in [9.17, 15) is 14.7 Å². The van der Waals surface area contributed by atoms with Crippen molar-refractivity contribution in [1.82, 2.24) is 15.3 Å². The molecule has 2 heterocycles. The second-order valence-corrected chi connectivity index (χ2v) is 5.99. The van der Waals surface area contributed by atoms with Crippen molar-refractivity contribution in [2.75, 3.05) is 0 Å². The molecule has 0 aromatic carbocycles. The maximum absolute atomic E-state index is 12.7. The van der Waals surface area contributed by atoms with Gasteiger partial charge in [-0.2, -0.15) is 0 Å². The van der Waals surface area contributed by atoms with E-state index in [2.05, 4.69) is 15.3 Å². The minimum atomic E-state index is -0.875. The number of carboxylic acids is 1. The highest BCUT2D eigenvalue weighted by atomic mass is 16.4. The largest absolute Gasteiger partial charge is 0.481 e. The summed E-state index contributed by atoms with van der Waals surface area (Å²) in [6, 6.07) is 1.83. The Hall–Kier alpha value is -2.37. The molecule has 2 aromatic rings. The summed E-state index contributed by atoms with van der Waals surface area (Å²) in [4.78, 5) is 30.9. The minimum absolute atomic E-state index is 0.0325. The van der Waals surface area contributed by atoms with Gasteiger partial charge >= 0.3 is 5.97 Å². The molecular formula is C16H19N3O3. The topological polar surface area (TPSA) is 95.1 Å². The van der Waals surface area contributed by atoms with E-state index in [1.807, 2.05) is 6.07 Å². The van der Waals surface area contributed by atoms with Crippen molar-refractivity contribution < 1.29 is 14.7 Å². The van der Waals surface area contributed by atoms with Gasteiger partial charge in [0.15, 0.2) is 0 Å². The molecule has 116 valence electrons. The maximum Gasteiger partial charge on any atom is 0.305 e. The number of carboxylic acid groups (broad SMARTS) is 1. The molecule has 1 fully saturated rings. The van der Waals surface area contributed by atoms with E-state index in [1.54, 1.807) is 12.4 Å². The Morgan fingerprint density at radius 1 is 1.27 bits per heavy atom. The lowest BCUT2D eigenvalue weighted by atomic mass is 9.79. The maximum atomic E-state index is 12.7. The number of hydrogen-bond donors (Lipinski definition) is 3. The predicted molar refractivity (Wildman–Crippen MR) is 81.6 cm³/mol. The molecule has 0 saturated heterocycles. The van der Waals surface area contributed by atoms with Crippen molar-refractivity contribution in [3.8, 4) is 0 Å². The number of amides is 1. The smallest absolute Gasteiger partial charge is 0.305 e. The van der Waals surface area contributed by atoms with Crippen molar-refractivity contribution in [2.24, 2.45) is 0 Å². The van der Waals surface area contributed by atoms with Crippen molar-refractivity contribution >= 4 is 22.8 Å². The molecule has 22 heavy (non-hydrogen) atoms. The first-order chi connectivity index (χ1) is 10.6. The molecule has 0 unspecified atom stereocenters. The van der Waals surface area contributed by atoms with E-state index in [1.165, 1.54) is 6.20 Å². The van der Waals surface area contributed by atoms with Crippen LogP contribution >= 0.6 is 0 Å². The number of nitrogens with one attached hydrogen (secondary N) is 2. The van der Waals surface area contributed by atoms with Gasteiger partial charge in [-0.05, 0) is 18.9 Å². The Morgan fingerprint density at radius 2 is 2.05 bits per heavy atom. The average Bonchev–Trinajstić information content (AvgIpc) is 2.95. The fraction of sp³-hybridized carbons (Fsp3) is 0.438. The molecule has 3 rings (SSSR count). The van der Waals surface area contributed by atoms with Gasteiger partial charge < -0.3 is 15.4 Å². The second-order valence-electron chi connectivity index (χ2n) is 5.99. The van der Waals surface area contributed by atoms with E-state index in [4.69, 9.17) is 0 Å². The van der Waals surface area contributed by atoms with Crippen LogP contribution in [0.3, 0.4) is 0 Å². The number of rotatable bonds is 4. The zero-order chi connectivity index (χ0) is 15.6. The van der Waals surface area contributed by atoms with Crippen LogP contribution in [0.4, 0.5) is 0 Å². The van der Waals surface area contributed by atoms with Gasteiger partial charge in [0.1, 0.15) is 0 Å². The quantitative estimate of drug-likeness (QED) is 0.808. The number of H-pyrrole nitrogens is 1. The number of nitrogens with zero attached hydrogens (tertiary/aromatic N) is 1. The number of hydrogen-bond acceptors (Lipinski definition) is 3. The van der Waals surface area contributed by atoms with Gasteiger partial charge in [0.05, 0.1) is 29.2 Å². The molecule has 2 aromatic heterocycles. The molecule has 1 aliphatic carbocycles. The number of carbonyl (C=O) groups is 2. The van der Waals surface area contributed by atoms with Crippen LogP contribution in [-0.4, -0.2) is 32.5 Å². The van der Waals surface area contributed by atoms with Crippen LogP contribution < -0.4 is 5.32 Å². The molecule has 6 nitrogen and oxygen atoms in total. The highest BCUT2D eigenvalue weighted by molar-refractivity contribution is 6.06. The SMILES string of the molecule is O=C(O)CC1(NC(=O)c2cncc3[nH]ccc23)CCCCC1. The molecule has 0 spiro atoms. The minimum Gasteiger partial charge on any atom is -0.481 e. The summed E-state index contributed by atoms with van der Waals surface area (Å²) in [5.41, 5.74) is 0.636. The molecule has 1 saturated carbocycles. The lowest BCUT2D eigenvalue weighted by Crippen LogP contribution is -2.51. The van der Waals surface area contributed by atoms with Gasteiger partial charge in [-0.25, -0.2) is 0 Å². The van der Waals surface area contributed by atoms with Crippen molar-refractivity contribution in [2.45, 2.75) is 44.1 Å². The van der Waals surface area contributed by atoms with E-state index < -0.39 is 11.5 Å². The van der Waals surface area contributed by atoms with Crippen LogP contribution in [0.15, 0.2) is 24.7 Å². The van der Waals surface area contributed by atoms with Crippen molar-refractivity contribution in [3.05, 3.63) is 30.2 Å². The second kappa shape index (κ2) is 5.79. The Kier molecular flexibility index (Phi) is 3.83. The van der Waals surface area contributed by atoms with Crippen LogP contribution in [-0.2, 0) is 4.79 Å². The normalized spacial score (nSPS) is 17.3. The Morgan fingerprint density at radius 3 is 2.77 bits per heavy atom. The molecule has 0 radical (unpaired) electrons. The van der Waals surface area contributed by atoms with Crippen molar-refractivity contribution in [3.63, 3.8) is 0 Å². The molecule has 1 amide bonds. The Labute approximate surface area is 127 Å². The van der Waals surface area contributed by atoms with E-state index in [0.29, 0.717) is 18.4 Å². The average molecular weight is 301 g/mol. The van der Waals surface area contributed by atoms with Crippen LogP contribution in [0.5, 0.6) is 0 Å². The van der Waals surface area contributed by atoms with Crippen LogP contribution in [0, 0.1) is 0 Å². The van der Waals surface area contributed by atoms with Crippen LogP contribution in [0.25, 0.3) is 10.9 Å². The summed E-state index contributed by atoms with van der Waals surface area (Å²) in [6.45, 7) is 0. The van der Waals surface area contributed by atoms with Gasteiger partial charge in [0.2, 0.25) is 0 Å². The number of carbonyl (C=O) groups excluding carboxylic acids is 1. The summed E-state index contributed by atoms with van der Waals surface area (Å²) >= 11 is 0. The molecule has 0 aliphatic heterocycles. The predicted octanol–water partition coefficient (Wildman–Crippen LogP) is 2.47. The number of pyridine rings is 1. The lowest BCUT2D eigenvalue weighted by Gasteiger charge is -2.37. The first kappa shape index (κ1) is 14.6. The Bertz CT molecular complexity index is 701. The third kappa shape index (κ3) is 2.81. The summed E-state index contributed by atoms with van der Waals surface area (Å²) in [6.07, 6.45) is 9.32. The first-order valence-corrected chi connectivity index (χ1v) is 7.55. The highest BCUT2D eigenvalue weighted by Crippen LogP contribution is 2.31. The van der Waals surface area contributed by atoms with Gasteiger partial charge in [-0.1, -0.05) is 19.3 Å². The first-order valence-electron chi connectivity index (χ1n) is 7.55. The van der Waals surface area contributed by atoms with E-state index >= 15 is 0 Å². The molecule has 6 heteroatoms. The number of fused-ring (bicyclic) bond motifs is 1. The Balaban J connectivity index is 1.87. The zero-order valence-electron chi connectivity index (χ0n) is 12.3. The van der Waals surface area contributed by atoms with E-state index in [0.717, 1.165) is 30.2 Å². The third-order valence-electron chi connectivity index (χ3n) is 4.40. The van der Waals surface area contributed by atoms with E-state index in [-0.39, 0.29) is 12.3 Å². The van der Waals surface area contributed by atoms with Crippen LogP contribution in [0.2, 0.25) is 0 Å². The third-order valence-corrected chi connectivity index (χ3v) is 4.40. The lowest BCUT2D eigenvalue weighted by molar-refractivity contribution is -0.139. The van der Waals surface area contributed by atoms with Gasteiger partial charge in [0.25, 0.3) is 5.91 Å². The van der Waals surface area contributed by atoms with Gasteiger partial charge in [0, 0.05) is 17.8 Å². The summed E-state index contributed by atoms with van der Waals surface area (Å²) in [7, 11) is 0. The molecular weight excluding hydrogens is 282 g/mol. The van der Waals surface area contributed by atoms with Gasteiger partial charge in [-0.3, -0.25) is 14.6 Å². The zero-order valence-corrected chi connectivity index (χ0v) is 12.3. The number of aromatic nitrogens is 2. The summed E-state index contributed by atoms with van der Waals surface area (Å²) in [5, 5.41) is 13.0. The van der Waals surface area contributed by atoms with Crippen LogP contribution in [0.1, 0.15) is 48.9 Å². The number of aliphatic carboxylic acids is 1. The molecule has 0 bridgehead atoms. The standard InChI is InChI=1S/C16H19N3O3/c20-14(21)8-16(5-2-1-3-6-16)19-15(22)12-9-17-10-13-11(12)4-7-18-13/h4,7,9-10,18H,1-3,5-6,8H2,(H,19,22)(H,20,21). The molecule has 1 aliphatic rings. The monoisotopic (exact) mass is 301 g/mol. The van der Waals surface area contributed by atoms with Crippen molar-refractivity contribution in [1.29, 1.82) is 0 Å².